The van der Waals surface area contributed by atoms with Crippen molar-refractivity contribution in [2.45, 2.75) is 31.9 Å². The number of nitrogens with zero attached hydrogens (tertiary/aromatic N) is 4. The number of likely N-dealkylation sites (tertiary alicyclic amines) is 1. The molecule has 1 fully saturated rings. The average molecular weight is 356 g/mol. The van der Waals surface area contributed by atoms with Crippen molar-refractivity contribution >= 4 is 5.95 Å². The average Bonchev–Trinajstić information content (AvgIpc) is 3.01. The molecule has 0 bridgehead atoms. The summed E-state index contributed by atoms with van der Waals surface area (Å²) in [6, 6.07) is 6.78. The van der Waals surface area contributed by atoms with E-state index in [0.717, 1.165) is 54.5 Å². The van der Waals surface area contributed by atoms with Gasteiger partial charge in [0.1, 0.15) is 5.82 Å². The van der Waals surface area contributed by atoms with E-state index in [1.165, 1.54) is 12.1 Å². The van der Waals surface area contributed by atoms with Crippen LogP contribution < -0.4 is 4.90 Å². The van der Waals surface area contributed by atoms with Gasteiger partial charge < -0.3 is 9.64 Å². The second-order valence-electron chi connectivity index (χ2n) is 7.69. The van der Waals surface area contributed by atoms with Gasteiger partial charge in [-0.3, -0.25) is 4.90 Å². The number of fused-ring (bicyclic) bond motifs is 2. The van der Waals surface area contributed by atoms with Crippen molar-refractivity contribution in [2.75, 3.05) is 38.7 Å². The van der Waals surface area contributed by atoms with Gasteiger partial charge in [0.15, 0.2) is 0 Å². The van der Waals surface area contributed by atoms with Crippen LogP contribution in [0.25, 0.3) is 0 Å². The third-order valence-electron chi connectivity index (χ3n) is 5.48. The lowest BCUT2D eigenvalue weighted by molar-refractivity contribution is 0.0498. The maximum Gasteiger partial charge on any atom is 0.225 e. The first-order chi connectivity index (χ1) is 12.5. The third kappa shape index (κ3) is 3.08. The largest absolute Gasteiger partial charge is 0.376 e. The van der Waals surface area contributed by atoms with E-state index >= 15 is 0 Å². The molecular weight excluding hydrogens is 331 g/mol. The Morgan fingerprint density at radius 3 is 2.73 bits per heavy atom. The number of halogens is 1. The Balaban J connectivity index is 1.61. The first kappa shape index (κ1) is 17.4. The molecule has 2 aromatic rings. The summed E-state index contributed by atoms with van der Waals surface area (Å²) in [6.07, 6.45) is 1.02. The molecule has 2 aliphatic rings. The molecule has 0 aliphatic carbocycles. The molecule has 1 aromatic carbocycles. The molecule has 2 aliphatic heterocycles. The van der Waals surface area contributed by atoms with Gasteiger partial charge in [-0.2, -0.15) is 0 Å². The molecule has 26 heavy (non-hydrogen) atoms. The standard InChI is InChI=1S/C20H25FN4O/c1-14-17-11-26-13-20(18(17)23-19(22-14)24(2)3)8-9-25(12-20)10-15-4-6-16(21)7-5-15/h4-7H,8-13H2,1-3H3/t20-/m0/s1. The summed E-state index contributed by atoms with van der Waals surface area (Å²) in [5, 5.41) is 0. The molecule has 0 radical (unpaired) electrons. The van der Waals surface area contributed by atoms with Gasteiger partial charge in [0.25, 0.3) is 0 Å². The van der Waals surface area contributed by atoms with Gasteiger partial charge in [-0.15, -0.1) is 0 Å². The Morgan fingerprint density at radius 1 is 1.23 bits per heavy atom. The summed E-state index contributed by atoms with van der Waals surface area (Å²) in [7, 11) is 3.95. The van der Waals surface area contributed by atoms with E-state index in [-0.39, 0.29) is 11.2 Å². The molecule has 138 valence electrons. The SMILES string of the molecule is Cc1nc(N(C)C)nc2c1COC[C@@]21CCN(Cc2ccc(F)cc2)C1. The summed E-state index contributed by atoms with van der Waals surface area (Å²) in [6.45, 7) is 6.04. The van der Waals surface area contributed by atoms with Crippen molar-refractivity contribution in [1.29, 1.82) is 0 Å². The Hall–Kier alpha value is -2.05. The minimum absolute atomic E-state index is 0.0773. The van der Waals surface area contributed by atoms with Gasteiger partial charge in [0, 0.05) is 38.4 Å². The van der Waals surface area contributed by atoms with Crippen LogP contribution in [0.1, 0.15) is 28.9 Å². The highest BCUT2D eigenvalue weighted by molar-refractivity contribution is 5.41. The highest BCUT2D eigenvalue weighted by Gasteiger charge is 2.45. The number of ether oxygens (including phenoxy) is 1. The lowest BCUT2D eigenvalue weighted by Crippen LogP contribution is -2.41. The van der Waals surface area contributed by atoms with Crippen LogP contribution in [-0.4, -0.2) is 48.7 Å². The van der Waals surface area contributed by atoms with Gasteiger partial charge in [-0.25, -0.2) is 14.4 Å². The van der Waals surface area contributed by atoms with Crippen molar-refractivity contribution in [3.05, 3.63) is 52.6 Å². The quantitative estimate of drug-likeness (QED) is 0.846. The van der Waals surface area contributed by atoms with Crippen LogP contribution in [0.3, 0.4) is 0 Å². The van der Waals surface area contributed by atoms with Gasteiger partial charge in [-0.05, 0) is 37.6 Å². The van der Waals surface area contributed by atoms with E-state index in [4.69, 9.17) is 9.72 Å². The Morgan fingerprint density at radius 2 is 2.00 bits per heavy atom. The van der Waals surface area contributed by atoms with Gasteiger partial charge in [0.05, 0.1) is 24.3 Å². The lowest BCUT2D eigenvalue weighted by atomic mass is 9.80. The number of anilines is 1. The predicted octanol–water partition coefficient (Wildman–Crippen LogP) is 2.66. The van der Waals surface area contributed by atoms with Crippen molar-refractivity contribution in [3.63, 3.8) is 0 Å². The molecule has 1 saturated heterocycles. The zero-order valence-corrected chi connectivity index (χ0v) is 15.6. The van der Waals surface area contributed by atoms with Crippen molar-refractivity contribution < 1.29 is 9.13 Å². The molecule has 1 spiro atoms. The smallest absolute Gasteiger partial charge is 0.225 e. The second-order valence-corrected chi connectivity index (χ2v) is 7.69. The topological polar surface area (TPSA) is 41.5 Å². The minimum Gasteiger partial charge on any atom is -0.376 e. The predicted molar refractivity (Wildman–Crippen MR) is 98.7 cm³/mol. The van der Waals surface area contributed by atoms with E-state index in [1.807, 2.05) is 38.1 Å². The third-order valence-corrected chi connectivity index (χ3v) is 5.48. The molecule has 3 heterocycles. The summed E-state index contributed by atoms with van der Waals surface area (Å²) >= 11 is 0. The fourth-order valence-electron chi connectivity index (χ4n) is 4.06. The molecule has 0 saturated carbocycles. The van der Waals surface area contributed by atoms with Crippen LogP contribution in [-0.2, 0) is 23.3 Å². The highest BCUT2D eigenvalue weighted by atomic mass is 19.1. The van der Waals surface area contributed by atoms with Crippen molar-refractivity contribution in [2.24, 2.45) is 0 Å². The van der Waals surface area contributed by atoms with E-state index in [9.17, 15) is 4.39 Å². The molecular formula is C20H25FN4O. The second kappa shape index (κ2) is 6.59. The normalized spacial score (nSPS) is 22.6. The number of aromatic nitrogens is 2. The van der Waals surface area contributed by atoms with Crippen molar-refractivity contribution in [1.82, 2.24) is 14.9 Å². The summed E-state index contributed by atoms with van der Waals surface area (Å²) in [4.78, 5) is 13.9. The molecule has 1 aromatic heterocycles. The van der Waals surface area contributed by atoms with Gasteiger partial charge in [0.2, 0.25) is 5.95 Å². The van der Waals surface area contributed by atoms with Crippen LogP contribution >= 0.6 is 0 Å². The fourth-order valence-corrected chi connectivity index (χ4v) is 4.06. The first-order valence-corrected chi connectivity index (χ1v) is 9.07. The molecule has 0 amide bonds. The van der Waals surface area contributed by atoms with Crippen LogP contribution in [0, 0.1) is 12.7 Å². The number of hydrogen-bond acceptors (Lipinski definition) is 5. The number of aryl methyl sites for hydroxylation is 1. The van der Waals surface area contributed by atoms with Crippen molar-refractivity contribution in [3.8, 4) is 0 Å². The maximum absolute atomic E-state index is 13.1. The lowest BCUT2D eigenvalue weighted by Gasteiger charge is -2.35. The molecule has 5 nitrogen and oxygen atoms in total. The molecule has 0 unspecified atom stereocenters. The van der Waals surface area contributed by atoms with E-state index in [0.29, 0.717) is 13.2 Å². The summed E-state index contributed by atoms with van der Waals surface area (Å²) in [5.41, 5.74) is 4.36. The zero-order valence-electron chi connectivity index (χ0n) is 15.6. The van der Waals surface area contributed by atoms with E-state index < -0.39 is 0 Å². The zero-order chi connectivity index (χ0) is 18.3. The highest BCUT2D eigenvalue weighted by Crippen LogP contribution is 2.40. The van der Waals surface area contributed by atoms with E-state index in [1.54, 1.807) is 0 Å². The Labute approximate surface area is 153 Å². The Bertz CT molecular complexity index is 808. The Kier molecular flexibility index (Phi) is 4.40. The number of rotatable bonds is 3. The van der Waals surface area contributed by atoms with Crippen LogP contribution in [0.2, 0.25) is 0 Å². The minimum atomic E-state index is -0.190. The molecule has 0 N–H and O–H groups in total. The first-order valence-electron chi connectivity index (χ1n) is 9.07. The summed E-state index contributed by atoms with van der Waals surface area (Å²) < 4.78 is 19.1. The molecule has 1 atom stereocenters. The summed E-state index contributed by atoms with van der Waals surface area (Å²) in [5.74, 6) is 0.573. The molecule has 4 rings (SSSR count). The van der Waals surface area contributed by atoms with Gasteiger partial charge in [-0.1, -0.05) is 12.1 Å². The number of benzene rings is 1. The van der Waals surface area contributed by atoms with Gasteiger partial charge >= 0.3 is 0 Å². The monoisotopic (exact) mass is 356 g/mol. The maximum atomic E-state index is 13.1. The van der Waals surface area contributed by atoms with Crippen LogP contribution in [0.5, 0.6) is 0 Å². The number of hydrogen-bond donors (Lipinski definition) is 0. The van der Waals surface area contributed by atoms with Crippen LogP contribution in [0.4, 0.5) is 10.3 Å². The van der Waals surface area contributed by atoms with Crippen LogP contribution in [0.15, 0.2) is 24.3 Å². The molecule has 6 heteroatoms. The fraction of sp³-hybridized carbons (Fsp3) is 0.500. The van der Waals surface area contributed by atoms with E-state index in [2.05, 4.69) is 9.88 Å².